The number of hydrogen-bond donors (Lipinski definition) is 3. The van der Waals surface area contributed by atoms with Crippen LogP contribution in [0, 0.1) is 10.1 Å². The van der Waals surface area contributed by atoms with E-state index in [1.807, 2.05) is 0 Å². The zero-order valence-electron chi connectivity index (χ0n) is 3.70. The Morgan fingerprint density at radius 2 is 1.29 bits per heavy atom. The molecule has 0 aromatic rings. The van der Waals surface area contributed by atoms with Gasteiger partial charge in [0, 0.05) is 0 Å². The summed E-state index contributed by atoms with van der Waals surface area (Å²) in [5, 5.41) is 8.79. The molecule has 0 aliphatic heterocycles. The van der Waals surface area contributed by atoms with Crippen molar-refractivity contribution >= 4 is 0 Å². The first-order chi connectivity index (χ1) is 1.73. The summed E-state index contributed by atoms with van der Waals surface area (Å²) >= 11 is 1.05. The molecule has 7 heavy (non-hydrogen) atoms. The molecule has 7 heteroatoms. The molecule has 0 radical (unpaired) electrons. The van der Waals surface area contributed by atoms with E-state index in [1.54, 1.807) is 0 Å². The van der Waals surface area contributed by atoms with E-state index in [-0.39, 0.29) is 18.5 Å². The van der Waals surface area contributed by atoms with Gasteiger partial charge in [0.25, 0.3) is 0 Å². The summed E-state index contributed by atoms with van der Waals surface area (Å²) in [7, 11) is 0. The molecule has 0 aliphatic rings. The van der Waals surface area contributed by atoms with Gasteiger partial charge in [-0.1, -0.05) is 0 Å². The van der Waals surface area contributed by atoms with Crippen molar-refractivity contribution in [3.8, 4) is 0 Å². The fraction of sp³-hybridized carbons (Fsp3) is 0. The van der Waals surface area contributed by atoms with Crippen molar-refractivity contribution in [1.29, 1.82) is 0 Å². The van der Waals surface area contributed by atoms with E-state index >= 15 is 0 Å². The Balaban J connectivity index is -0.0000000150. The maximum atomic E-state index is 8.79. The van der Waals surface area contributed by atoms with Crippen molar-refractivity contribution in [2.45, 2.75) is 0 Å². The number of rotatable bonds is 0. The fourth-order valence-corrected chi connectivity index (χ4v) is 0. The van der Waals surface area contributed by atoms with Gasteiger partial charge in [0.2, 0.25) is 0 Å². The van der Waals surface area contributed by atoms with Gasteiger partial charge in [-0.05, 0) is 0 Å². The van der Waals surface area contributed by atoms with Crippen molar-refractivity contribution in [3.05, 3.63) is 10.1 Å². The third kappa shape index (κ3) is 93600. The Labute approximate surface area is 52.8 Å². The van der Waals surface area contributed by atoms with Crippen LogP contribution in [0.2, 0.25) is 0 Å². The molecular formula is H9N4O2Pt. The molecule has 0 unspecified atom stereocenters. The third-order valence-corrected chi connectivity index (χ3v) is 0. The van der Waals surface area contributed by atoms with Crippen LogP contribution in [-0.2, 0) is 20.1 Å². The first-order valence-electron chi connectivity index (χ1n) is 0.507. The molecule has 0 amide bonds. The number of hydrogen-bond acceptors (Lipinski definition) is 5. The van der Waals surface area contributed by atoms with Crippen molar-refractivity contribution in [2.75, 3.05) is 0 Å². The fourth-order valence-electron chi connectivity index (χ4n) is 0. The van der Waals surface area contributed by atoms with Gasteiger partial charge in [0.15, 0.2) is 0 Å². The number of nitrogens with zero attached hydrogens (tertiary/aromatic N) is 1. The van der Waals surface area contributed by atoms with Gasteiger partial charge in [-0.15, -0.1) is 0 Å². The van der Waals surface area contributed by atoms with Gasteiger partial charge in [0.1, 0.15) is 0 Å². The van der Waals surface area contributed by atoms with Crippen LogP contribution in [0.25, 0.3) is 0 Å². The van der Waals surface area contributed by atoms with E-state index in [9.17, 15) is 0 Å². The normalized spacial score (nSPS) is 3.71. The van der Waals surface area contributed by atoms with Crippen LogP contribution >= 0.6 is 0 Å². The second kappa shape index (κ2) is 16.7. The zero-order chi connectivity index (χ0) is 3.58. The third-order valence-electron chi connectivity index (χ3n) is 0. The first-order valence-corrected chi connectivity index (χ1v) is 1.52. The molecule has 51 valence electrons. The molecule has 0 saturated carbocycles. The van der Waals surface area contributed by atoms with E-state index in [0.29, 0.717) is 0 Å². The van der Waals surface area contributed by atoms with Gasteiger partial charge in [-0.3, -0.25) is 0 Å². The first kappa shape index (κ1) is 28.2. The minimum absolute atomic E-state index is 0. The molecule has 6 nitrogen and oxygen atoms in total. The van der Waals surface area contributed by atoms with E-state index in [2.05, 4.69) is 0 Å². The van der Waals surface area contributed by atoms with Gasteiger partial charge < -0.3 is 18.5 Å². The van der Waals surface area contributed by atoms with Crippen LogP contribution in [0.1, 0.15) is 0 Å². The summed E-state index contributed by atoms with van der Waals surface area (Å²) in [6.45, 7) is 0. The molecule has 0 saturated heterocycles. The van der Waals surface area contributed by atoms with Crippen LogP contribution in [0.5, 0.6) is 0 Å². The summed E-state index contributed by atoms with van der Waals surface area (Å²) in [6.07, 6.45) is 0. The van der Waals surface area contributed by atoms with Gasteiger partial charge in [-0.2, -0.15) is 0 Å². The van der Waals surface area contributed by atoms with E-state index in [4.69, 9.17) is 10.1 Å². The second-order valence-corrected chi connectivity index (χ2v) is 1.02. The maximum absolute atomic E-state index is 8.79. The van der Waals surface area contributed by atoms with E-state index in [1.165, 1.54) is 0 Å². The molecule has 0 aromatic heterocycles. The molecular weight excluding hydrogens is 283 g/mol. The monoisotopic (exact) mass is 292 g/mol. The Morgan fingerprint density at radius 1 is 1.29 bits per heavy atom. The van der Waals surface area contributed by atoms with Crippen molar-refractivity contribution in [3.63, 3.8) is 0 Å². The second-order valence-electron chi connectivity index (χ2n) is 0.190. The molecule has 0 atom stereocenters. The molecule has 0 aromatic carbocycles. The topological polar surface area (TPSA) is 148 Å². The minimum atomic E-state index is -0.528. The SMILES string of the molecule is N.N.N.O=[N+]([O-])[Pt]. The van der Waals surface area contributed by atoms with Crippen LogP contribution < -0.4 is 18.5 Å². The predicted molar refractivity (Wildman–Crippen MR) is 22.1 cm³/mol. The predicted octanol–water partition coefficient (Wildman–Crippen LogP) is 0.211. The van der Waals surface area contributed by atoms with Gasteiger partial charge in [-0.25, -0.2) is 0 Å². The summed E-state index contributed by atoms with van der Waals surface area (Å²) in [6, 6.07) is 0. The van der Waals surface area contributed by atoms with Crippen LogP contribution in [-0.4, -0.2) is 3.48 Å². The van der Waals surface area contributed by atoms with Gasteiger partial charge >= 0.3 is 33.7 Å². The summed E-state index contributed by atoms with van der Waals surface area (Å²) in [4.78, 5) is 8.79. The van der Waals surface area contributed by atoms with Crippen LogP contribution in [0.3, 0.4) is 0 Å². The van der Waals surface area contributed by atoms with Crippen molar-refractivity contribution in [1.82, 2.24) is 18.5 Å². The zero-order valence-corrected chi connectivity index (χ0v) is 5.97. The average Bonchev–Trinajstić information content (AvgIpc) is 0.811. The molecule has 0 spiro atoms. The van der Waals surface area contributed by atoms with Crippen LogP contribution in [0.15, 0.2) is 0 Å². The van der Waals surface area contributed by atoms with E-state index < -0.39 is 3.48 Å². The molecule has 9 N–H and O–H groups in total. The van der Waals surface area contributed by atoms with Crippen LogP contribution in [0.4, 0.5) is 0 Å². The van der Waals surface area contributed by atoms with E-state index in [0.717, 1.165) is 20.1 Å². The molecule has 0 rings (SSSR count). The Kier molecular flexibility index (Phi) is 67.3. The summed E-state index contributed by atoms with van der Waals surface area (Å²) in [5.74, 6) is 0. The quantitative estimate of drug-likeness (QED) is 0.431. The number of nitro groups is 1. The summed E-state index contributed by atoms with van der Waals surface area (Å²) < 4.78 is -0.528. The standard InChI is InChI=1S/NO2.3H3N.Pt/c2-1-3;;;;/h;3*1H3;. The molecule has 0 heterocycles. The van der Waals surface area contributed by atoms with Gasteiger partial charge in [0.05, 0.1) is 0 Å². The molecule has 0 bridgehead atoms. The Hall–Kier alpha value is -0.0317. The van der Waals surface area contributed by atoms with Crippen molar-refractivity contribution < 1.29 is 23.5 Å². The Bertz CT molecular complexity index is 32.7. The Morgan fingerprint density at radius 3 is 1.29 bits per heavy atom. The average molecular weight is 292 g/mol. The molecule has 0 fully saturated rings. The summed E-state index contributed by atoms with van der Waals surface area (Å²) in [5.41, 5.74) is 0. The molecule has 0 aliphatic carbocycles. The van der Waals surface area contributed by atoms with Crippen molar-refractivity contribution in [2.24, 2.45) is 0 Å².